The molecule has 0 fully saturated rings. The lowest BCUT2D eigenvalue weighted by atomic mass is 10.1. The average Bonchev–Trinajstić information content (AvgIpc) is 3.35. The van der Waals surface area contributed by atoms with Crippen LogP contribution in [-0.2, 0) is 18.4 Å². The summed E-state index contributed by atoms with van der Waals surface area (Å²) in [6, 6.07) is -0.928. The highest BCUT2D eigenvalue weighted by Crippen LogP contribution is 2.38. The molecule has 0 saturated heterocycles. The second kappa shape index (κ2) is 52.7. The van der Waals surface area contributed by atoms with Crippen molar-refractivity contribution in [1.29, 1.82) is 0 Å². The zero-order chi connectivity index (χ0) is 53.5. The summed E-state index contributed by atoms with van der Waals surface area (Å²) in [5.41, 5.74) is 0. The van der Waals surface area contributed by atoms with Crippen LogP contribution in [0.25, 0.3) is 0 Å². The van der Waals surface area contributed by atoms with Crippen molar-refractivity contribution in [3.63, 3.8) is 0 Å². The van der Waals surface area contributed by atoms with Gasteiger partial charge in [-0.05, 0) is 122 Å². The van der Waals surface area contributed by atoms with Gasteiger partial charge in [0.1, 0.15) is 13.2 Å². The topological polar surface area (TPSA) is 108 Å². The fraction of sp³-hybridized carbons (Fsp3) is 0.547. The highest BCUT2D eigenvalue weighted by atomic mass is 31.2. The molecule has 0 heterocycles. The molecule has 8 nitrogen and oxygen atoms in total. The van der Waals surface area contributed by atoms with Crippen LogP contribution in [0.2, 0.25) is 0 Å². The van der Waals surface area contributed by atoms with Crippen molar-refractivity contribution in [3.05, 3.63) is 170 Å². The molecule has 0 aliphatic carbocycles. The monoisotopic (exact) mass is 1030 g/mol. The van der Waals surface area contributed by atoms with Crippen LogP contribution in [-0.4, -0.2) is 68.5 Å². The Morgan fingerprint density at radius 3 is 1.26 bits per heavy atom. The van der Waals surface area contributed by atoms with Crippen LogP contribution < -0.4 is 10.2 Å². The van der Waals surface area contributed by atoms with Gasteiger partial charge in [-0.1, -0.05) is 216 Å². The van der Waals surface area contributed by atoms with Crippen LogP contribution in [0.5, 0.6) is 0 Å². The minimum atomic E-state index is -4.62. The Morgan fingerprint density at radius 1 is 0.493 bits per heavy atom. The lowest BCUT2D eigenvalue weighted by Crippen LogP contribution is -2.45. The third kappa shape index (κ3) is 55.4. The van der Waals surface area contributed by atoms with Gasteiger partial charge in [0, 0.05) is 6.42 Å². The molecule has 2 N–H and O–H groups in total. The normalized spacial score (nSPS) is 15.2. The Labute approximate surface area is 447 Å². The largest absolute Gasteiger partial charge is 0.756 e. The first-order chi connectivity index (χ1) is 35.5. The molecule has 0 radical (unpaired) electrons. The van der Waals surface area contributed by atoms with E-state index in [0.717, 1.165) is 122 Å². The molecule has 0 aliphatic heterocycles. The third-order valence-electron chi connectivity index (χ3n) is 11.2. The van der Waals surface area contributed by atoms with Gasteiger partial charge in [0.2, 0.25) is 5.91 Å². The van der Waals surface area contributed by atoms with E-state index in [1.165, 1.54) is 25.7 Å². The first-order valence-electron chi connectivity index (χ1n) is 28.0. The van der Waals surface area contributed by atoms with E-state index >= 15 is 0 Å². The van der Waals surface area contributed by atoms with Gasteiger partial charge in [-0.15, -0.1) is 0 Å². The quantitative estimate of drug-likeness (QED) is 0.0272. The lowest BCUT2D eigenvalue weighted by molar-refractivity contribution is -0.870. The molecule has 0 spiro atoms. The summed E-state index contributed by atoms with van der Waals surface area (Å²) in [5, 5.41) is 13.7. The Hall–Kier alpha value is -4.14. The van der Waals surface area contributed by atoms with Gasteiger partial charge in [0.25, 0.3) is 7.82 Å². The Kier molecular flexibility index (Phi) is 49.7. The van der Waals surface area contributed by atoms with Crippen molar-refractivity contribution in [2.24, 2.45) is 0 Å². The van der Waals surface area contributed by atoms with Gasteiger partial charge in [-0.25, -0.2) is 0 Å². The molecule has 3 unspecified atom stereocenters. The Bertz CT molecular complexity index is 1780. The number of amides is 1. The number of allylic oxidation sites excluding steroid dienone is 27. The second-order valence-corrected chi connectivity index (χ2v) is 20.6. The number of rotatable bonds is 48. The highest BCUT2D eigenvalue weighted by Gasteiger charge is 2.23. The smallest absolute Gasteiger partial charge is 0.268 e. The summed E-state index contributed by atoms with van der Waals surface area (Å²) in [6.07, 6.45) is 84.5. The summed E-state index contributed by atoms with van der Waals surface area (Å²) in [5.74, 6) is -0.243. The van der Waals surface area contributed by atoms with Crippen LogP contribution in [0.3, 0.4) is 0 Å². The summed E-state index contributed by atoms with van der Waals surface area (Å²) in [6.45, 7) is 4.41. The predicted octanol–water partition coefficient (Wildman–Crippen LogP) is 16.6. The molecule has 0 aromatic carbocycles. The molecule has 1 amide bonds. The molecule has 0 saturated carbocycles. The van der Waals surface area contributed by atoms with E-state index in [1.807, 2.05) is 27.2 Å². The van der Waals surface area contributed by atoms with E-state index in [9.17, 15) is 19.4 Å². The molecular weight excluding hydrogens is 924 g/mol. The number of nitrogens with zero attached hydrogens (tertiary/aromatic N) is 1. The number of phosphoric acid groups is 1. The first kappa shape index (κ1) is 68.9. The number of quaternary nitrogens is 1. The molecule has 0 aromatic heterocycles. The summed E-state index contributed by atoms with van der Waals surface area (Å²) >= 11 is 0. The third-order valence-corrected chi connectivity index (χ3v) is 12.1. The standard InChI is InChI=1S/C64H103N2O6P/c1-6-8-10-12-14-16-18-19-20-21-22-23-24-25-26-27-28-29-30-31-32-33-34-35-36-37-38-39-40-41-42-43-44-45-46-47-48-50-52-54-56-58-64(68)65-62(61-72-73(69,70)71-60-59-66(3,4)5)63(67)57-55-53-51-49-17-15-13-11-9-7-2/h8,10,14,16-17,19-20,22-23,25-26,28-29,31-32,34-35,37-38,40-41,43-44,46-47,49,55,57,62-63,67H,6-7,9,11-13,15,18,21,24,27,30,33,36,39,42,45,48,50-54,56,58-61H2,1-5H3,(H-,65,68,69,70)/b10-8-,16-14-,20-19-,23-22-,26-25-,29-28-,32-31-,35-34-,38-37-,41-40-,44-43-,47-46-,49-17+,57-55+. The summed E-state index contributed by atoms with van der Waals surface area (Å²) < 4.78 is 23.2. The first-order valence-corrected chi connectivity index (χ1v) is 29.5. The summed E-state index contributed by atoms with van der Waals surface area (Å²) in [4.78, 5) is 25.3. The molecular formula is C64H103N2O6P. The van der Waals surface area contributed by atoms with Crippen molar-refractivity contribution >= 4 is 13.7 Å². The zero-order valence-electron chi connectivity index (χ0n) is 46.5. The minimum absolute atomic E-state index is 0.0214. The number of unbranched alkanes of at least 4 members (excludes halogenated alkanes) is 9. The fourth-order valence-electron chi connectivity index (χ4n) is 6.79. The number of phosphoric ester groups is 1. The Morgan fingerprint density at radius 2 is 0.849 bits per heavy atom. The molecule has 3 atom stereocenters. The number of carbonyl (C=O) groups excluding carboxylic acids is 1. The maximum atomic E-state index is 12.9. The molecule has 0 rings (SSSR count). The maximum absolute atomic E-state index is 12.9. The fourth-order valence-corrected chi connectivity index (χ4v) is 7.52. The molecule has 0 aromatic rings. The predicted molar refractivity (Wildman–Crippen MR) is 315 cm³/mol. The lowest BCUT2D eigenvalue weighted by Gasteiger charge is -2.29. The average molecular weight is 1030 g/mol. The van der Waals surface area contributed by atoms with Crippen LogP contribution >= 0.6 is 7.82 Å². The highest BCUT2D eigenvalue weighted by molar-refractivity contribution is 7.45. The molecule has 0 bridgehead atoms. The van der Waals surface area contributed by atoms with E-state index in [4.69, 9.17) is 9.05 Å². The zero-order valence-corrected chi connectivity index (χ0v) is 47.4. The SMILES string of the molecule is CC/C=C\C/C=C\C/C=C\C/C=C\C/C=C\C/C=C\C/C=C\C/C=C\C/C=C\C/C=C\C/C=C\C/C=C\CCCCCCC(=O)NC(COP(=O)([O-])OCC[N+](C)(C)C)C(O)/C=C/CC/C=C/CCCCCC. The van der Waals surface area contributed by atoms with Crippen molar-refractivity contribution < 1.29 is 32.9 Å². The number of likely N-dealkylation sites (N-methyl/N-ethyl adjacent to an activating group) is 1. The van der Waals surface area contributed by atoms with Crippen LogP contribution in [0.15, 0.2) is 170 Å². The van der Waals surface area contributed by atoms with Gasteiger partial charge < -0.3 is 28.8 Å². The van der Waals surface area contributed by atoms with E-state index in [1.54, 1.807) is 6.08 Å². The number of carbonyl (C=O) groups is 1. The maximum Gasteiger partial charge on any atom is 0.268 e. The van der Waals surface area contributed by atoms with Gasteiger partial charge in [-0.3, -0.25) is 9.36 Å². The van der Waals surface area contributed by atoms with Gasteiger partial charge in [0.05, 0.1) is 39.9 Å². The second-order valence-electron chi connectivity index (χ2n) is 19.2. The number of hydrogen-bond donors (Lipinski definition) is 2. The Balaban J connectivity index is 4.17. The molecule has 9 heteroatoms. The number of hydrogen-bond acceptors (Lipinski definition) is 6. The van der Waals surface area contributed by atoms with Crippen molar-refractivity contribution in [1.82, 2.24) is 5.32 Å². The van der Waals surface area contributed by atoms with Gasteiger partial charge >= 0.3 is 0 Å². The summed E-state index contributed by atoms with van der Waals surface area (Å²) in [7, 11) is 1.19. The van der Waals surface area contributed by atoms with E-state index in [2.05, 4.69) is 177 Å². The van der Waals surface area contributed by atoms with E-state index < -0.39 is 26.6 Å². The van der Waals surface area contributed by atoms with Crippen molar-refractivity contribution in [2.45, 2.75) is 187 Å². The van der Waals surface area contributed by atoms with Gasteiger partial charge in [0.15, 0.2) is 0 Å². The molecule has 410 valence electrons. The number of aliphatic hydroxyl groups is 1. The van der Waals surface area contributed by atoms with Crippen molar-refractivity contribution in [2.75, 3.05) is 40.9 Å². The molecule has 73 heavy (non-hydrogen) atoms. The van der Waals surface area contributed by atoms with Crippen LogP contribution in [0.1, 0.15) is 174 Å². The number of nitrogens with one attached hydrogen (secondary N) is 1. The van der Waals surface area contributed by atoms with Crippen LogP contribution in [0.4, 0.5) is 0 Å². The van der Waals surface area contributed by atoms with E-state index in [0.29, 0.717) is 23.9 Å². The minimum Gasteiger partial charge on any atom is -0.756 e. The van der Waals surface area contributed by atoms with Gasteiger partial charge in [-0.2, -0.15) is 0 Å². The number of aliphatic hydroxyl groups excluding tert-OH is 1. The van der Waals surface area contributed by atoms with Crippen LogP contribution in [0, 0.1) is 0 Å². The molecule has 0 aliphatic rings. The van der Waals surface area contributed by atoms with E-state index in [-0.39, 0.29) is 12.5 Å². The van der Waals surface area contributed by atoms with Crippen molar-refractivity contribution in [3.8, 4) is 0 Å².